The molecule has 0 aliphatic carbocycles. The Bertz CT molecular complexity index is 535. The predicted octanol–water partition coefficient (Wildman–Crippen LogP) is 1.84. The standard InChI is InChI=1S/C14H29NO2.C6H8O7/c1-6-15(7-2)11-12-17-13(16)9-8-10-14(3,4)5;7-3(8)1-6(13,5(11)12)2-4(9)10/h6-12H2,1-5H3;13H,1-2H2,(H,7,8)(H,9,10)(H,11,12). The lowest BCUT2D eigenvalue weighted by Crippen LogP contribution is -2.42. The van der Waals surface area contributed by atoms with E-state index in [-0.39, 0.29) is 5.97 Å². The average molecular weight is 436 g/mol. The van der Waals surface area contributed by atoms with Crippen LogP contribution in [0.4, 0.5) is 0 Å². The van der Waals surface area contributed by atoms with Gasteiger partial charge in [-0.05, 0) is 31.3 Å². The lowest BCUT2D eigenvalue weighted by Gasteiger charge is -2.18. The van der Waals surface area contributed by atoms with Crippen LogP contribution in [0.25, 0.3) is 0 Å². The zero-order valence-electron chi connectivity index (χ0n) is 18.6. The first-order chi connectivity index (χ1) is 13.7. The van der Waals surface area contributed by atoms with E-state index in [1.54, 1.807) is 0 Å². The minimum Gasteiger partial charge on any atom is -0.481 e. The molecule has 0 aliphatic rings. The Morgan fingerprint density at radius 1 is 0.900 bits per heavy atom. The van der Waals surface area contributed by atoms with Crippen LogP contribution in [0.3, 0.4) is 0 Å². The summed E-state index contributed by atoms with van der Waals surface area (Å²) < 4.78 is 5.21. The molecule has 10 heteroatoms. The number of carbonyl (C=O) groups excluding carboxylic acids is 1. The third kappa shape index (κ3) is 16.7. The molecule has 0 radical (unpaired) electrons. The first-order valence-electron chi connectivity index (χ1n) is 9.94. The van der Waals surface area contributed by atoms with Gasteiger partial charge in [0.05, 0.1) is 12.8 Å². The highest BCUT2D eigenvalue weighted by molar-refractivity contribution is 5.88. The third-order valence-corrected chi connectivity index (χ3v) is 4.16. The normalized spacial score (nSPS) is 11.4. The van der Waals surface area contributed by atoms with E-state index in [1.807, 2.05) is 0 Å². The number of esters is 1. The van der Waals surface area contributed by atoms with Crippen LogP contribution in [0, 0.1) is 5.41 Å². The molecule has 4 N–H and O–H groups in total. The van der Waals surface area contributed by atoms with Gasteiger partial charge in [0, 0.05) is 13.0 Å². The van der Waals surface area contributed by atoms with Crippen LogP contribution in [0.15, 0.2) is 0 Å². The van der Waals surface area contributed by atoms with Crippen molar-refractivity contribution in [2.24, 2.45) is 5.41 Å². The maximum atomic E-state index is 11.4. The number of hydrogen-bond acceptors (Lipinski definition) is 7. The van der Waals surface area contributed by atoms with Gasteiger partial charge in [-0.25, -0.2) is 4.79 Å². The summed E-state index contributed by atoms with van der Waals surface area (Å²) in [7, 11) is 0. The van der Waals surface area contributed by atoms with Crippen molar-refractivity contribution in [2.75, 3.05) is 26.2 Å². The van der Waals surface area contributed by atoms with E-state index in [0.717, 1.165) is 32.5 Å². The zero-order valence-corrected chi connectivity index (χ0v) is 18.6. The maximum absolute atomic E-state index is 11.4. The smallest absolute Gasteiger partial charge is 0.336 e. The van der Waals surface area contributed by atoms with Gasteiger partial charge in [-0.3, -0.25) is 14.4 Å². The summed E-state index contributed by atoms with van der Waals surface area (Å²) in [4.78, 5) is 44.2. The summed E-state index contributed by atoms with van der Waals surface area (Å²) in [5.41, 5.74) is -2.43. The van der Waals surface area contributed by atoms with Gasteiger partial charge in [0.15, 0.2) is 5.60 Å². The number of nitrogens with zero attached hydrogens (tertiary/aromatic N) is 1. The molecule has 0 unspecified atom stereocenters. The molecule has 0 aliphatic heterocycles. The Morgan fingerprint density at radius 3 is 1.70 bits per heavy atom. The van der Waals surface area contributed by atoms with Crippen LogP contribution >= 0.6 is 0 Å². The molecule has 0 rings (SSSR count). The molecule has 0 fully saturated rings. The molecular formula is C20H37NO9. The molecule has 0 amide bonds. The highest BCUT2D eigenvalue weighted by Crippen LogP contribution is 2.21. The SMILES string of the molecule is CCN(CC)CCOC(=O)CCCC(C)(C)C.O=C(O)CC(O)(CC(=O)O)C(=O)O. The fourth-order valence-electron chi connectivity index (χ4n) is 2.38. The van der Waals surface area contributed by atoms with Crippen molar-refractivity contribution >= 4 is 23.9 Å². The molecule has 0 aromatic carbocycles. The average Bonchev–Trinajstić information content (AvgIpc) is 2.56. The van der Waals surface area contributed by atoms with Crippen molar-refractivity contribution in [3.05, 3.63) is 0 Å². The second-order valence-electron chi connectivity index (χ2n) is 8.14. The van der Waals surface area contributed by atoms with Crippen molar-refractivity contribution in [1.82, 2.24) is 4.90 Å². The van der Waals surface area contributed by atoms with Gasteiger partial charge >= 0.3 is 23.9 Å². The second-order valence-corrected chi connectivity index (χ2v) is 8.14. The monoisotopic (exact) mass is 435 g/mol. The molecular weight excluding hydrogens is 398 g/mol. The molecule has 176 valence electrons. The van der Waals surface area contributed by atoms with Gasteiger partial charge in [0.2, 0.25) is 0 Å². The second kappa shape index (κ2) is 14.7. The molecule has 0 heterocycles. The Labute approximate surface area is 177 Å². The van der Waals surface area contributed by atoms with Gasteiger partial charge < -0.3 is 30.1 Å². The highest BCUT2D eigenvalue weighted by Gasteiger charge is 2.40. The lowest BCUT2D eigenvalue weighted by atomic mass is 9.90. The molecule has 0 saturated carbocycles. The van der Waals surface area contributed by atoms with Crippen molar-refractivity contribution in [2.45, 2.75) is 72.3 Å². The molecule has 10 nitrogen and oxygen atoms in total. The Kier molecular flexibility index (Phi) is 14.7. The highest BCUT2D eigenvalue weighted by atomic mass is 16.5. The first kappa shape index (κ1) is 30.0. The first-order valence-corrected chi connectivity index (χ1v) is 9.94. The number of carbonyl (C=O) groups is 4. The molecule has 0 saturated heterocycles. The van der Waals surface area contributed by atoms with Crippen LogP contribution in [0.2, 0.25) is 0 Å². The summed E-state index contributed by atoms with van der Waals surface area (Å²) in [6.45, 7) is 14.2. The molecule has 0 spiro atoms. The molecule has 30 heavy (non-hydrogen) atoms. The molecule has 0 aromatic rings. The largest absolute Gasteiger partial charge is 0.481 e. The van der Waals surface area contributed by atoms with E-state index < -0.39 is 36.4 Å². The summed E-state index contributed by atoms with van der Waals surface area (Å²) in [6.07, 6.45) is 0.254. The summed E-state index contributed by atoms with van der Waals surface area (Å²) in [5.74, 6) is -5.07. The quantitative estimate of drug-likeness (QED) is 0.314. The van der Waals surface area contributed by atoms with Gasteiger partial charge in [-0.15, -0.1) is 0 Å². The van der Waals surface area contributed by atoms with Crippen molar-refractivity contribution < 1.29 is 44.3 Å². The number of likely N-dealkylation sites (N-methyl/N-ethyl adjacent to an activating group) is 1. The van der Waals surface area contributed by atoms with Crippen LogP contribution in [-0.2, 0) is 23.9 Å². The molecule has 0 aromatic heterocycles. The van der Waals surface area contributed by atoms with Gasteiger partial charge in [-0.1, -0.05) is 34.6 Å². The van der Waals surface area contributed by atoms with Gasteiger partial charge in [-0.2, -0.15) is 0 Å². The van der Waals surface area contributed by atoms with Crippen LogP contribution in [0.1, 0.15) is 66.7 Å². The van der Waals surface area contributed by atoms with Crippen molar-refractivity contribution in [3.63, 3.8) is 0 Å². The van der Waals surface area contributed by atoms with Crippen molar-refractivity contribution in [1.29, 1.82) is 0 Å². The van der Waals surface area contributed by atoms with Crippen molar-refractivity contribution in [3.8, 4) is 0 Å². The summed E-state index contributed by atoms with van der Waals surface area (Å²) in [5, 5.41) is 33.8. The van der Waals surface area contributed by atoms with Gasteiger partial charge in [0.1, 0.15) is 6.61 Å². The van der Waals surface area contributed by atoms with Crippen LogP contribution < -0.4 is 0 Å². The minimum atomic E-state index is -2.74. The Balaban J connectivity index is 0. The fraction of sp³-hybridized carbons (Fsp3) is 0.800. The number of ether oxygens (including phenoxy) is 1. The number of carboxylic acid groups (broad SMARTS) is 3. The number of hydrogen-bond donors (Lipinski definition) is 4. The van der Waals surface area contributed by atoms with E-state index in [4.69, 9.17) is 25.2 Å². The molecule has 0 atom stereocenters. The zero-order chi connectivity index (χ0) is 24.0. The minimum absolute atomic E-state index is 0.0543. The van der Waals surface area contributed by atoms with Crippen LogP contribution in [0.5, 0.6) is 0 Å². The van der Waals surface area contributed by atoms with E-state index in [2.05, 4.69) is 39.5 Å². The Hall–Kier alpha value is -2.20. The van der Waals surface area contributed by atoms with E-state index >= 15 is 0 Å². The maximum Gasteiger partial charge on any atom is 0.336 e. The number of rotatable bonds is 13. The topological polar surface area (TPSA) is 162 Å². The number of aliphatic carboxylic acids is 3. The summed E-state index contributed by atoms with van der Waals surface area (Å²) in [6, 6.07) is 0. The number of aliphatic hydroxyl groups is 1. The van der Waals surface area contributed by atoms with Crippen LogP contribution in [-0.4, -0.2) is 81.0 Å². The number of carboxylic acids is 3. The Morgan fingerprint density at radius 2 is 1.37 bits per heavy atom. The van der Waals surface area contributed by atoms with E-state index in [9.17, 15) is 19.2 Å². The van der Waals surface area contributed by atoms with E-state index in [1.165, 1.54) is 0 Å². The van der Waals surface area contributed by atoms with Gasteiger partial charge in [0.25, 0.3) is 0 Å². The predicted molar refractivity (Wildman–Crippen MR) is 109 cm³/mol. The third-order valence-electron chi connectivity index (χ3n) is 4.16. The fourth-order valence-corrected chi connectivity index (χ4v) is 2.38. The summed E-state index contributed by atoms with van der Waals surface area (Å²) >= 11 is 0. The lowest BCUT2D eigenvalue weighted by molar-refractivity contribution is -0.170. The van der Waals surface area contributed by atoms with E-state index in [0.29, 0.717) is 18.4 Å². The molecule has 0 bridgehead atoms.